The molecule has 0 fully saturated rings. The van der Waals surface area contributed by atoms with E-state index in [0.717, 1.165) is 4.47 Å². The number of nitrogens with two attached hydrogens (primary N) is 2. The van der Waals surface area contributed by atoms with Crippen LogP contribution in [0.15, 0.2) is 28.7 Å². The van der Waals surface area contributed by atoms with Gasteiger partial charge in [-0.25, -0.2) is 5.84 Å². The minimum absolute atomic E-state index is 0.110. The molecule has 1 aromatic heterocycles. The minimum atomic E-state index is 0.110. The lowest BCUT2D eigenvalue weighted by molar-refractivity contribution is 1.15. The fourth-order valence-electron chi connectivity index (χ4n) is 1.34. The highest BCUT2D eigenvalue weighted by atomic mass is 79.9. The van der Waals surface area contributed by atoms with Gasteiger partial charge in [0.25, 0.3) is 0 Å². The van der Waals surface area contributed by atoms with E-state index in [-0.39, 0.29) is 5.95 Å². The van der Waals surface area contributed by atoms with Crippen LogP contribution in [0.4, 0.5) is 23.3 Å². The van der Waals surface area contributed by atoms with E-state index < -0.39 is 0 Å². The molecule has 8 heteroatoms. The van der Waals surface area contributed by atoms with Gasteiger partial charge in [0, 0.05) is 10.5 Å². The number of halogens is 2. The number of benzene rings is 1. The number of rotatable bonds is 3. The van der Waals surface area contributed by atoms with Crippen LogP contribution in [0.25, 0.3) is 0 Å². The Labute approximate surface area is 117 Å². The van der Waals surface area contributed by atoms with E-state index in [1.807, 2.05) is 12.1 Å². The van der Waals surface area contributed by atoms with Crippen LogP contribution in [0.1, 0.15) is 0 Å². The quantitative estimate of drug-likeness (QED) is 0.510. The van der Waals surface area contributed by atoms with Gasteiger partial charge in [-0.1, -0.05) is 27.5 Å². The summed E-state index contributed by atoms with van der Waals surface area (Å²) in [5, 5.41) is 3.61. The summed E-state index contributed by atoms with van der Waals surface area (Å²) >= 11 is 9.43. The highest BCUT2D eigenvalue weighted by Gasteiger charge is 2.05. The molecule has 18 heavy (non-hydrogen) atoms. The summed E-state index contributed by atoms with van der Waals surface area (Å²) in [6, 6.07) is 7.05. The molecule has 0 aliphatic carbocycles. The Morgan fingerprint density at radius 3 is 2.61 bits per heavy atom. The Morgan fingerprint density at radius 1 is 1.17 bits per heavy atom. The largest absolute Gasteiger partial charge is 0.368 e. The molecule has 0 bridgehead atoms. The maximum Gasteiger partial charge on any atom is 0.223 e. The number of anilines is 4. The van der Waals surface area contributed by atoms with Crippen molar-refractivity contribution in [1.82, 2.24) is 9.97 Å². The Balaban J connectivity index is 2.33. The molecular formula is C10H10BrClN6. The summed E-state index contributed by atoms with van der Waals surface area (Å²) < 4.78 is 0.897. The number of hydrazine groups is 1. The van der Waals surface area contributed by atoms with Gasteiger partial charge in [-0.05, 0) is 18.2 Å². The van der Waals surface area contributed by atoms with Crippen LogP contribution in [0, 0.1) is 0 Å². The third-order valence-corrected chi connectivity index (χ3v) is 2.91. The highest BCUT2D eigenvalue weighted by molar-refractivity contribution is 9.10. The van der Waals surface area contributed by atoms with Gasteiger partial charge in [0.05, 0.1) is 10.7 Å². The van der Waals surface area contributed by atoms with Gasteiger partial charge in [0.1, 0.15) is 11.6 Å². The molecule has 1 aromatic carbocycles. The summed E-state index contributed by atoms with van der Waals surface area (Å²) in [5.74, 6) is 6.30. The highest BCUT2D eigenvalue weighted by Crippen LogP contribution is 2.28. The molecule has 0 aliphatic heterocycles. The average Bonchev–Trinajstić information content (AvgIpc) is 2.33. The second kappa shape index (κ2) is 5.38. The average molecular weight is 330 g/mol. The molecule has 94 valence electrons. The molecule has 0 spiro atoms. The number of hydrogen-bond acceptors (Lipinski definition) is 6. The lowest BCUT2D eigenvalue weighted by atomic mass is 10.3. The van der Waals surface area contributed by atoms with E-state index in [1.54, 1.807) is 12.1 Å². The normalized spacial score (nSPS) is 10.2. The topological polar surface area (TPSA) is 102 Å². The lowest BCUT2D eigenvalue weighted by Crippen LogP contribution is -2.11. The first-order valence-electron chi connectivity index (χ1n) is 4.92. The summed E-state index contributed by atoms with van der Waals surface area (Å²) in [4.78, 5) is 7.92. The fourth-order valence-corrected chi connectivity index (χ4v) is 1.86. The number of nitrogen functional groups attached to an aromatic ring is 2. The van der Waals surface area contributed by atoms with Crippen molar-refractivity contribution >= 4 is 50.8 Å². The first-order valence-corrected chi connectivity index (χ1v) is 6.09. The molecule has 0 saturated carbocycles. The van der Waals surface area contributed by atoms with Gasteiger partial charge < -0.3 is 16.5 Å². The van der Waals surface area contributed by atoms with Crippen molar-refractivity contribution in [2.75, 3.05) is 16.5 Å². The molecule has 0 radical (unpaired) electrons. The summed E-state index contributed by atoms with van der Waals surface area (Å²) in [5.41, 5.74) is 8.66. The van der Waals surface area contributed by atoms with E-state index in [4.69, 9.17) is 23.2 Å². The molecule has 0 saturated heterocycles. The Hall–Kier alpha value is -1.57. The van der Waals surface area contributed by atoms with Gasteiger partial charge in [-0.3, -0.25) is 0 Å². The number of nitrogens with zero attached hydrogens (tertiary/aromatic N) is 2. The smallest absolute Gasteiger partial charge is 0.223 e. The van der Waals surface area contributed by atoms with Crippen LogP contribution in [-0.2, 0) is 0 Å². The third-order valence-electron chi connectivity index (χ3n) is 2.08. The number of nitrogens with one attached hydrogen (secondary N) is 2. The summed E-state index contributed by atoms with van der Waals surface area (Å²) in [6.07, 6.45) is 0. The van der Waals surface area contributed by atoms with Crippen molar-refractivity contribution in [3.63, 3.8) is 0 Å². The van der Waals surface area contributed by atoms with Crippen LogP contribution in [0.2, 0.25) is 5.02 Å². The standard InChI is InChI=1S/C10H10BrClN6/c11-5-1-2-6(12)7(3-5)15-8-4-9(18-14)17-10(13)16-8/h1-4H,14H2,(H4,13,15,16,17,18). The first-order chi connectivity index (χ1) is 8.58. The van der Waals surface area contributed by atoms with Crippen molar-refractivity contribution in [3.05, 3.63) is 33.8 Å². The van der Waals surface area contributed by atoms with Crippen LogP contribution in [-0.4, -0.2) is 9.97 Å². The maximum atomic E-state index is 6.06. The summed E-state index contributed by atoms with van der Waals surface area (Å²) in [7, 11) is 0. The predicted molar refractivity (Wildman–Crippen MR) is 76.7 cm³/mol. The van der Waals surface area contributed by atoms with E-state index in [1.165, 1.54) is 0 Å². The lowest BCUT2D eigenvalue weighted by Gasteiger charge is -2.09. The molecule has 6 nitrogen and oxygen atoms in total. The molecular weight excluding hydrogens is 320 g/mol. The zero-order chi connectivity index (χ0) is 13.1. The molecule has 2 rings (SSSR count). The van der Waals surface area contributed by atoms with Crippen LogP contribution >= 0.6 is 27.5 Å². The fraction of sp³-hybridized carbons (Fsp3) is 0. The second-order valence-electron chi connectivity index (χ2n) is 3.39. The van der Waals surface area contributed by atoms with Gasteiger partial charge in [0.2, 0.25) is 5.95 Å². The SMILES string of the molecule is NNc1cc(Nc2cc(Br)ccc2Cl)nc(N)n1. The second-order valence-corrected chi connectivity index (χ2v) is 4.71. The first kappa shape index (κ1) is 12.9. The minimum Gasteiger partial charge on any atom is -0.368 e. The Kier molecular flexibility index (Phi) is 3.85. The van der Waals surface area contributed by atoms with Crippen molar-refractivity contribution in [3.8, 4) is 0 Å². The number of aromatic nitrogens is 2. The molecule has 1 heterocycles. The molecule has 2 aromatic rings. The van der Waals surface area contributed by atoms with E-state index >= 15 is 0 Å². The van der Waals surface area contributed by atoms with E-state index in [0.29, 0.717) is 22.3 Å². The van der Waals surface area contributed by atoms with Crippen LogP contribution in [0.3, 0.4) is 0 Å². The third kappa shape index (κ3) is 3.00. The van der Waals surface area contributed by atoms with Crippen LogP contribution in [0.5, 0.6) is 0 Å². The van der Waals surface area contributed by atoms with Crippen molar-refractivity contribution in [2.24, 2.45) is 5.84 Å². The Bertz CT molecular complexity index is 576. The van der Waals surface area contributed by atoms with Gasteiger partial charge >= 0.3 is 0 Å². The molecule has 0 unspecified atom stereocenters. The van der Waals surface area contributed by atoms with E-state index in [9.17, 15) is 0 Å². The van der Waals surface area contributed by atoms with Crippen molar-refractivity contribution in [1.29, 1.82) is 0 Å². The zero-order valence-electron chi connectivity index (χ0n) is 9.11. The maximum absolute atomic E-state index is 6.06. The van der Waals surface area contributed by atoms with Crippen LogP contribution < -0.4 is 22.3 Å². The predicted octanol–water partition coefficient (Wildman–Crippen LogP) is 2.50. The number of hydrogen-bond donors (Lipinski definition) is 4. The van der Waals surface area contributed by atoms with Gasteiger partial charge in [-0.15, -0.1) is 0 Å². The van der Waals surface area contributed by atoms with Gasteiger partial charge in [0.15, 0.2) is 0 Å². The monoisotopic (exact) mass is 328 g/mol. The molecule has 0 amide bonds. The molecule has 0 aliphatic rings. The van der Waals surface area contributed by atoms with Crippen molar-refractivity contribution in [2.45, 2.75) is 0 Å². The van der Waals surface area contributed by atoms with E-state index in [2.05, 4.69) is 36.6 Å². The zero-order valence-corrected chi connectivity index (χ0v) is 11.5. The van der Waals surface area contributed by atoms with Gasteiger partial charge in [-0.2, -0.15) is 9.97 Å². The molecule has 6 N–H and O–H groups in total. The Morgan fingerprint density at radius 2 is 1.89 bits per heavy atom. The molecule has 0 atom stereocenters. The van der Waals surface area contributed by atoms with Crippen molar-refractivity contribution < 1.29 is 0 Å². The summed E-state index contributed by atoms with van der Waals surface area (Å²) in [6.45, 7) is 0.